The molecule has 1 unspecified atom stereocenters. The molecule has 1 aliphatic rings. The Kier molecular flexibility index (Phi) is 3.84. The van der Waals surface area contributed by atoms with E-state index in [1.54, 1.807) is 12.1 Å². The number of amides is 2. The molecule has 0 saturated heterocycles. The van der Waals surface area contributed by atoms with E-state index >= 15 is 0 Å². The Morgan fingerprint density at radius 1 is 1.04 bits per heavy atom. The maximum atomic E-state index is 13.7. The molecule has 0 radical (unpaired) electrons. The van der Waals surface area contributed by atoms with E-state index in [2.05, 4.69) is 0 Å². The zero-order chi connectivity index (χ0) is 17.4. The molecule has 0 saturated carbocycles. The molecule has 3 rings (SSSR count). The van der Waals surface area contributed by atoms with Crippen LogP contribution in [-0.4, -0.2) is 22.8 Å². The molecule has 1 heterocycles. The van der Waals surface area contributed by atoms with Gasteiger partial charge in [0, 0.05) is 11.6 Å². The van der Waals surface area contributed by atoms with Gasteiger partial charge in [0.1, 0.15) is 11.6 Å². The fourth-order valence-corrected chi connectivity index (χ4v) is 2.40. The van der Waals surface area contributed by atoms with Crippen LogP contribution < -0.4 is 0 Å². The Labute approximate surface area is 135 Å². The summed E-state index contributed by atoms with van der Waals surface area (Å²) in [5.74, 6) is -5.37. The van der Waals surface area contributed by atoms with Crippen LogP contribution >= 0.6 is 0 Å². The summed E-state index contributed by atoms with van der Waals surface area (Å²) < 4.78 is 26.7. The van der Waals surface area contributed by atoms with E-state index in [0.717, 1.165) is 12.1 Å². The van der Waals surface area contributed by atoms with Gasteiger partial charge in [-0.1, -0.05) is 23.3 Å². The highest BCUT2D eigenvalue weighted by molar-refractivity contribution is 6.20. The molecule has 0 bridgehead atoms. The van der Waals surface area contributed by atoms with Crippen molar-refractivity contribution in [2.45, 2.75) is 12.8 Å². The van der Waals surface area contributed by atoms with Gasteiger partial charge in [-0.2, -0.15) is 0 Å². The van der Waals surface area contributed by atoms with Crippen LogP contribution in [0, 0.1) is 11.6 Å². The predicted molar refractivity (Wildman–Crippen MR) is 77.8 cm³/mol. The topological polar surface area (TPSA) is 63.7 Å². The number of halogens is 2. The van der Waals surface area contributed by atoms with Gasteiger partial charge in [-0.25, -0.2) is 13.6 Å². The lowest BCUT2D eigenvalue weighted by molar-refractivity contribution is -0.170. The molecular weight excluding hydrogens is 320 g/mol. The van der Waals surface area contributed by atoms with Crippen molar-refractivity contribution >= 4 is 17.8 Å². The number of hydrogen-bond acceptors (Lipinski definition) is 4. The smallest absolute Gasteiger partial charge is 0.329 e. The normalized spacial score (nSPS) is 14.5. The third kappa shape index (κ3) is 2.54. The number of nitrogens with zero attached hydrogens (tertiary/aromatic N) is 1. The van der Waals surface area contributed by atoms with Gasteiger partial charge in [0.25, 0.3) is 11.8 Å². The average Bonchev–Trinajstić information content (AvgIpc) is 2.80. The quantitative estimate of drug-likeness (QED) is 0.811. The van der Waals surface area contributed by atoms with Gasteiger partial charge in [0.2, 0.25) is 0 Å². The summed E-state index contributed by atoms with van der Waals surface area (Å²) in [5, 5.41) is 0.352. The first kappa shape index (κ1) is 15.8. The number of imide groups is 1. The van der Waals surface area contributed by atoms with Crippen LogP contribution in [0.25, 0.3) is 0 Å². The predicted octanol–water partition coefficient (Wildman–Crippen LogP) is 2.82. The average molecular weight is 331 g/mol. The molecular formula is C17H11F2NO4. The van der Waals surface area contributed by atoms with E-state index < -0.39 is 35.3 Å². The fraction of sp³-hybridized carbons (Fsp3) is 0.118. The van der Waals surface area contributed by atoms with Crippen molar-refractivity contribution in [2.24, 2.45) is 0 Å². The van der Waals surface area contributed by atoms with Crippen molar-refractivity contribution in [2.75, 3.05) is 0 Å². The van der Waals surface area contributed by atoms with Gasteiger partial charge >= 0.3 is 5.97 Å². The van der Waals surface area contributed by atoms with E-state index in [0.29, 0.717) is 11.1 Å². The lowest BCUT2D eigenvalue weighted by Crippen LogP contribution is -2.34. The summed E-state index contributed by atoms with van der Waals surface area (Å²) in [7, 11) is 0. The number of benzene rings is 2. The largest absolute Gasteiger partial charge is 0.340 e. The third-order valence-electron chi connectivity index (χ3n) is 3.72. The van der Waals surface area contributed by atoms with E-state index in [1.165, 1.54) is 19.1 Å². The lowest BCUT2D eigenvalue weighted by Gasteiger charge is -2.17. The molecule has 24 heavy (non-hydrogen) atoms. The number of carbonyl (C=O) groups is 3. The second-order valence-corrected chi connectivity index (χ2v) is 5.25. The second-order valence-electron chi connectivity index (χ2n) is 5.25. The number of hydrogen-bond donors (Lipinski definition) is 0. The molecule has 1 aliphatic heterocycles. The Morgan fingerprint density at radius 2 is 1.62 bits per heavy atom. The Morgan fingerprint density at radius 3 is 2.17 bits per heavy atom. The van der Waals surface area contributed by atoms with Crippen LogP contribution in [0.4, 0.5) is 8.78 Å². The van der Waals surface area contributed by atoms with Crippen molar-refractivity contribution in [1.29, 1.82) is 0 Å². The summed E-state index contributed by atoms with van der Waals surface area (Å²) in [4.78, 5) is 41.2. The van der Waals surface area contributed by atoms with E-state index in [-0.39, 0.29) is 16.7 Å². The van der Waals surface area contributed by atoms with Gasteiger partial charge in [0.15, 0.2) is 0 Å². The monoisotopic (exact) mass is 331 g/mol. The SMILES string of the molecule is CC(C(=O)ON1C(=O)c2ccccc2C1=O)c1ccc(F)cc1F. The van der Waals surface area contributed by atoms with Crippen LogP contribution in [0.2, 0.25) is 0 Å². The van der Waals surface area contributed by atoms with E-state index in [4.69, 9.17) is 4.84 Å². The second kappa shape index (κ2) is 5.84. The Hall–Kier alpha value is -3.09. The van der Waals surface area contributed by atoms with E-state index in [1.807, 2.05) is 0 Å². The van der Waals surface area contributed by atoms with Gasteiger partial charge in [-0.05, 0) is 25.1 Å². The number of rotatable bonds is 3. The number of hydroxylamine groups is 2. The molecule has 0 fully saturated rings. The van der Waals surface area contributed by atoms with E-state index in [9.17, 15) is 23.2 Å². The summed E-state index contributed by atoms with van der Waals surface area (Å²) in [5.41, 5.74) is 0.143. The maximum absolute atomic E-state index is 13.7. The van der Waals surface area contributed by atoms with Crippen LogP contribution in [0.3, 0.4) is 0 Å². The molecule has 2 aromatic carbocycles. The van der Waals surface area contributed by atoms with Crippen LogP contribution in [0.15, 0.2) is 42.5 Å². The highest BCUT2D eigenvalue weighted by atomic mass is 19.1. The fourth-order valence-electron chi connectivity index (χ4n) is 2.40. The molecule has 0 N–H and O–H groups in total. The highest BCUT2D eigenvalue weighted by Crippen LogP contribution is 2.26. The van der Waals surface area contributed by atoms with Crippen molar-refractivity contribution in [3.63, 3.8) is 0 Å². The van der Waals surface area contributed by atoms with Crippen LogP contribution in [-0.2, 0) is 9.63 Å². The molecule has 5 nitrogen and oxygen atoms in total. The number of fused-ring (bicyclic) bond motifs is 1. The third-order valence-corrected chi connectivity index (χ3v) is 3.72. The Balaban J connectivity index is 1.81. The zero-order valence-corrected chi connectivity index (χ0v) is 12.5. The van der Waals surface area contributed by atoms with Gasteiger partial charge in [-0.15, -0.1) is 0 Å². The molecule has 0 aliphatic carbocycles. The molecule has 1 atom stereocenters. The van der Waals surface area contributed by atoms with Crippen LogP contribution in [0.1, 0.15) is 39.1 Å². The minimum atomic E-state index is -1.13. The summed E-state index contributed by atoms with van der Waals surface area (Å²) in [6, 6.07) is 8.78. The van der Waals surface area contributed by atoms with Gasteiger partial charge in [0.05, 0.1) is 17.0 Å². The molecule has 2 amide bonds. The summed E-state index contributed by atoms with van der Waals surface area (Å²) >= 11 is 0. The first-order valence-electron chi connectivity index (χ1n) is 7.04. The molecule has 122 valence electrons. The zero-order valence-electron chi connectivity index (χ0n) is 12.5. The lowest BCUT2D eigenvalue weighted by atomic mass is 10.0. The first-order chi connectivity index (χ1) is 11.4. The van der Waals surface area contributed by atoms with Crippen molar-refractivity contribution in [3.05, 3.63) is 70.8 Å². The standard InChI is InChI=1S/C17H11F2NO4/c1-9(11-7-6-10(18)8-14(11)19)17(23)24-20-15(21)12-4-2-3-5-13(12)16(20)22/h2-9H,1H3. The van der Waals surface area contributed by atoms with Crippen molar-refractivity contribution in [3.8, 4) is 0 Å². The summed E-state index contributed by atoms with van der Waals surface area (Å²) in [6.07, 6.45) is 0. The minimum Gasteiger partial charge on any atom is -0.329 e. The molecule has 2 aromatic rings. The van der Waals surface area contributed by atoms with Crippen molar-refractivity contribution < 1.29 is 28.0 Å². The van der Waals surface area contributed by atoms with Gasteiger partial charge < -0.3 is 4.84 Å². The number of carbonyl (C=O) groups excluding carboxylic acids is 3. The van der Waals surface area contributed by atoms with Crippen LogP contribution in [0.5, 0.6) is 0 Å². The minimum absolute atomic E-state index is 0.0991. The molecule has 7 heteroatoms. The van der Waals surface area contributed by atoms with Crippen molar-refractivity contribution in [1.82, 2.24) is 5.06 Å². The molecule has 0 spiro atoms. The highest BCUT2D eigenvalue weighted by Gasteiger charge is 2.39. The summed E-state index contributed by atoms with van der Waals surface area (Å²) in [6.45, 7) is 1.33. The first-order valence-corrected chi connectivity index (χ1v) is 7.04. The maximum Gasteiger partial charge on any atom is 0.340 e. The van der Waals surface area contributed by atoms with Gasteiger partial charge in [-0.3, -0.25) is 9.59 Å². The molecule has 0 aromatic heterocycles. The Bertz CT molecular complexity index is 830.